The maximum absolute atomic E-state index is 12.3. The number of rotatable bonds is 4. The number of aliphatic carboxylic acids is 1. The molecule has 8 heteroatoms. The van der Waals surface area contributed by atoms with Gasteiger partial charge in [-0.25, -0.2) is 9.59 Å². The van der Waals surface area contributed by atoms with Gasteiger partial charge < -0.3 is 19.9 Å². The van der Waals surface area contributed by atoms with Crippen LogP contribution in [0.1, 0.15) is 22.7 Å². The highest BCUT2D eigenvalue weighted by atomic mass is 16.5. The molecule has 0 fully saturated rings. The molecule has 25 heavy (non-hydrogen) atoms. The third kappa shape index (κ3) is 2.42. The molecular formula is C17H15N3O5. The highest BCUT2D eigenvalue weighted by Gasteiger charge is 2.41. The molecule has 8 nitrogen and oxygen atoms in total. The first-order valence-corrected chi connectivity index (χ1v) is 7.72. The van der Waals surface area contributed by atoms with Crippen molar-refractivity contribution in [2.75, 3.05) is 18.5 Å². The number of benzene rings is 1. The largest absolute Gasteiger partial charge is 0.482 e. The Hall–Kier alpha value is -3.29. The first-order valence-electron chi connectivity index (χ1n) is 7.72. The number of nitrogens with one attached hydrogen (secondary N) is 2. The summed E-state index contributed by atoms with van der Waals surface area (Å²) in [7, 11) is 0. The number of fused-ring (bicyclic) bond motifs is 1. The van der Waals surface area contributed by atoms with Gasteiger partial charge in [0.2, 0.25) is 0 Å². The average Bonchev–Trinajstić information content (AvgIpc) is 3.15. The van der Waals surface area contributed by atoms with E-state index < -0.39 is 24.5 Å². The number of cyclic esters (lactones) is 1. The second kappa shape index (κ2) is 5.66. The van der Waals surface area contributed by atoms with Crippen LogP contribution in [0.3, 0.4) is 0 Å². The number of hydrogen-bond donors (Lipinski definition) is 3. The van der Waals surface area contributed by atoms with E-state index in [9.17, 15) is 9.59 Å². The zero-order valence-electron chi connectivity index (χ0n) is 13.3. The second-order valence-electron chi connectivity index (χ2n) is 5.86. The molecule has 2 aliphatic heterocycles. The SMILES string of the molecule is Cc1[nH]nc2c1C(c1ccccc1OCC(=O)O)C1=C(COC1=O)N2. The first-order chi connectivity index (χ1) is 12.1. The van der Waals surface area contributed by atoms with Crippen molar-refractivity contribution in [3.63, 3.8) is 0 Å². The number of H-pyrrole nitrogens is 1. The lowest BCUT2D eigenvalue weighted by atomic mass is 9.81. The Bertz CT molecular complexity index is 915. The summed E-state index contributed by atoms with van der Waals surface area (Å²) >= 11 is 0. The fourth-order valence-electron chi connectivity index (χ4n) is 3.29. The summed E-state index contributed by atoms with van der Waals surface area (Å²) in [4.78, 5) is 23.2. The van der Waals surface area contributed by atoms with E-state index in [2.05, 4.69) is 15.5 Å². The molecule has 2 aromatic rings. The third-order valence-corrected chi connectivity index (χ3v) is 4.31. The van der Waals surface area contributed by atoms with Gasteiger partial charge in [-0.1, -0.05) is 18.2 Å². The molecule has 0 spiro atoms. The van der Waals surface area contributed by atoms with Crippen molar-refractivity contribution in [3.05, 3.63) is 52.4 Å². The quantitative estimate of drug-likeness (QED) is 0.723. The maximum atomic E-state index is 12.3. The molecule has 1 aromatic carbocycles. The minimum atomic E-state index is -1.07. The van der Waals surface area contributed by atoms with E-state index in [-0.39, 0.29) is 6.61 Å². The van der Waals surface area contributed by atoms with Crippen LogP contribution < -0.4 is 10.1 Å². The van der Waals surface area contributed by atoms with E-state index in [1.807, 2.05) is 19.1 Å². The minimum absolute atomic E-state index is 0.161. The van der Waals surface area contributed by atoms with Gasteiger partial charge in [0.25, 0.3) is 0 Å². The number of aromatic amines is 1. The molecule has 1 aromatic heterocycles. The first kappa shape index (κ1) is 15.3. The van der Waals surface area contributed by atoms with Gasteiger partial charge in [-0.3, -0.25) is 5.10 Å². The van der Waals surface area contributed by atoms with Gasteiger partial charge in [-0.05, 0) is 13.0 Å². The molecule has 0 aliphatic carbocycles. The molecule has 0 amide bonds. The van der Waals surface area contributed by atoms with Crippen LogP contribution in [0.4, 0.5) is 5.82 Å². The van der Waals surface area contributed by atoms with Crippen molar-refractivity contribution in [1.82, 2.24) is 10.2 Å². The van der Waals surface area contributed by atoms with Gasteiger partial charge in [0.15, 0.2) is 12.4 Å². The number of aryl methyl sites for hydroxylation is 1. The van der Waals surface area contributed by atoms with Crippen molar-refractivity contribution < 1.29 is 24.2 Å². The Morgan fingerprint density at radius 2 is 2.24 bits per heavy atom. The smallest absolute Gasteiger partial charge is 0.341 e. The number of para-hydroxylation sites is 1. The predicted octanol–water partition coefficient (Wildman–Crippen LogP) is 1.55. The van der Waals surface area contributed by atoms with E-state index in [4.69, 9.17) is 14.6 Å². The van der Waals surface area contributed by atoms with Crippen molar-refractivity contribution in [1.29, 1.82) is 0 Å². The number of hydrogen-bond acceptors (Lipinski definition) is 6. The second-order valence-corrected chi connectivity index (χ2v) is 5.86. The van der Waals surface area contributed by atoms with Crippen LogP contribution in [0, 0.1) is 6.92 Å². The van der Waals surface area contributed by atoms with E-state index in [0.29, 0.717) is 28.4 Å². The minimum Gasteiger partial charge on any atom is -0.482 e. The zero-order chi connectivity index (χ0) is 17.6. The Morgan fingerprint density at radius 1 is 1.44 bits per heavy atom. The summed E-state index contributed by atoms with van der Waals surface area (Å²) in [6.07, 6.45) is 0. The average molecular weight is 341 g/mol. The van der Waals surface area contributed by atoms with Gasteiger partial charge in [0.1, 0.15) is 12.4 Å². The van der Waals surface area contributed by atoms with Gasteiger partial charge in [-0.15, -0.1) is 0 Å². The molecule has 0 bridgehead atoms. The molecule has 0 saturated heterocycles. The van der Waals surface area contributed by atoms with Crippen molar-refractivity contribution in [2.45, 2.75) is 12.8 Å². The summed E-state index contributed by atoms with van der Waals surface area (Å²) in [5.41, 5.74) is 3.50. The molecule has 3 heterocycles. The fourth-order valence-corrected chi connectivity index (χ4v) is 3.29. The number of carboxylic acids is 1. The number of carboxylic acid groups (broad SMARTS) is 1. The van der Waals surface area contributed by atoms with Crippen LogP contribution in [0.25, 0.3) is 0 Å². The van der Waals surface area contributed by atoms with Gasteiger partial charge in [-0.2, -0.15) is 5.10 Å². The van der Waals surface area contributed by atoms with Crippen molar-refractivity contribution >= 4 is 17.8 Å². The number of anilines is 1. The van der Waals surface area contributed by atoms with Gasteiger partial charge in [0.05, 0.1) is 17.2 Å². The van der Waals surface area contributed by atoms with Crippen LogP contribution in [-0.2, 0) is 14.3 Å². The molecule has 128 valence electrons. The molecule has 1 atom stereocenters. The lowest BCUT2D eigenvalue weighted by molar-refractivity contribution is -0.139. The number of ether oxygens (including phenoxy) is 2. The summed E-state index contributed by atoms with van der Waals surface area (Å²) in [6.45, 7) is 1.57. The van der Waals surface area contributed by atoms with E-state index in [0.717, 1.165) is 11.3 Å². The topological polar surface area (TPSA) is 114 Å². The Morgan fingerprint density at radius 3 is 3.04 bits per heavy atom. The van der Waals surface area contributed by atoms with Gasteiger partial charge in [0, 0.05) is 16.8 Å². The molecule has 0 radical (unpaired) electrons. The lowest BCUT2D eigenvalue weighted by Crippen LogP contribution is -2.21. The third-order valence-electron chi connectivity index (χ3n) is 4.31. The number of aromatic nitrogens is 2. The van der Waals surface area contributed by atoms with E-state index >= 15 is 0 Å². The Balaban J connectivity index is 1.87. The van der Waals surface area contributed by atoms with Crippen molar-refractivity contribution in [2.24, 2.45) is 0 Å². The molecule has 4 rings (SSSR count). The predicted molar refractivity (Wildman–Crippen MR) is 86.3 cm³/mol. The highest BCUT2D eigenvalue weighted by molar-refractivity contribution is 5.97. The molecule has 3 N–H and O–H groups in total. The zero-order valence-corrected chi connectivity index (χ0v) is 13.3. The fraction of sp³-hybridized carbons (Fsp3) is 0.235. The summed E-state index contributed by atoms with van der Waals surface area (Å²) < 4.78 is 10.6. The van der Waals surface area contributed by atoms with Crippen LogP contribution >= 0.6 is 0 Å². The number of carbonyl (C=O) groups excluding carboxylic acids is 1. The monoisotopic (exact) mass is 341 g/mol. The highest BCUT2D eigenvalue weighted by Crippen LogP contribution is 2.47. The number of carbonyl (C=O) groups is 2. The van der Waals surface area contributed by atoms with Crippen LogP contribution in [0.5, 0.6) is 5.75 Å². The molecule has 1 unspecified atom stereocenters. The van der Waals surface area contributed by atoms with Crippen LogP contribution in [0.2, 0.25) is 0 Å². The molecule has 2 aliphatic rings. The summed E-state index contributed by atoms with van der Waals surface area (Å²) in [6, 6.07) is 7.09. The number of esters is 1. The molecule has 0 saturated carbocycles. The number of nitrogens with zero attached hydrogens (tertiary/aromatic N) is 1. The van der Waals surface area contributed by atoms with Crippen LogP contribution in [0.15, 0.2) is 35.5 Å². The summed E-state index contributed by atoms with van der Waals surface area (Å²) in [5, 5.41) is 19.2. The Kier molecular flexibility index (Phi) is 3.45. The van der Waals surface area contributed by atoms with Crippen LogP contribution in [-0.4, -0.2) is 40.5 Å². The lowest BCUT2D eigenvalue weighted by Gasteiger charge is -2.25. The van der Waals surface area contributed by atoms with E-state index in [1.54, 1.807) is 12.1 Å². The summed E-state index contributed by atoms with van der Waals surface area (Å²) in [5.74, 6) is -0.861. The molecular weight excluding hydrogens is 326 g/mol. The van der Waals surface area contributed by atoms with Gasteiger partial charge >= 0.3 is 11.9 Å². The standard InChI is InChI=1S/C17H15N3O5/c1-8-13-14(9-4-2-3-5-11(9)24-7-12(21)22)15-10(6-25-17(15)23)18-16(13)20-19-8/h2-5,14H,6-7H2,1H3,(H,21,22)(H2,18,19,20). The Labute approximate surface area is 142 Å². The van der Waals surface area contributed by atoms with Crippen molar-refractivity contribution in [3.8, 4) is 5.75 Å². The van der Waals surface area contributed by atoms with E-state index in [1.165, 1.54) is 0 Å². The normalized spacial score (nSPS) is 18.3. The maximum Gasteiger partial charge on any atom is 0.341 e.